The summed E-state index contributed by atoms with van der Waals surface area (Å²) in [5.74, 6) is 0.911. The first-order valence-electron chi connectivity index (χ1n) is 4.77. The Morgan fingerprint density at radius 1 is 1.31 bits per heavy atom. The van der Waals surface area contributed by atoms with Crippen LogP contribution >= 0.6 is 22.6 Å². The molecule has 0 heterocycles. The third kappa shape index (κ3) is 2.68. The molecule has 1 saturated carbocycles. The lowest BCUT2D eigenvalue weighted by Gasteiger charge is -2.10. The highest BCUT2D eigenvalue weighted by molar-refractivity contribution is 14.1. The van der Waals surface area contributed by atoms with Crippen molar-refractivity contribution < 1.29 is 0 Å². The minimum Gasteiger partial charge on any atom is -0.324 e. The average molecular weight is 287 g/mol. The van der Waals surface area contributed by atoms with Crippen LogP contribution < -0.4 is 5.73 Å². The van der Waals surface area contributed by atoms with Crippen LogP contribution in [0.2, 0.25) is 0 Å². The van der Waals surface area contributed by atoms with Gasteiger partial charge in [0.05, 0.1) is 0 Å². The van der Waals surface area contributed by atoms with Crippen molar-refractivity contribution in [1.29, 1.82) is 0 Å². The van der Waals surface area contributed by atoms with Gasteiger partial charge in [0.15, 0.2) is 0 Å². The SMILES string of the molecule is NC(CC1CC1)c1ccc(I)cc1. The quantitative estimate of drug-likeness (QED) is 0.849. The van der Waals surface area contributed by atoms with Gasteiger partial charge in [0.2, 0.25) is 0 Å². The highest BCUT2D eigenvalue weighted by atomic mass is 127. The number of halogens is 1. The zero-order valence-electron chi connectivity index (χ0n) is 7.54. The molecule has 70 valence electrons. The van der Waals surface area contributed by atoms with Gasteiger partial charge in [-0.3, -0.25) is 0 Å². The second-order valence-corrected chi connectivity index (χ2v) is 5.08. The Morgan fingerprint density at radius 2 is 1.92 bits per heavy atom. The molecule has 0 spiro atoms. The van der Waals surface area contributed by atoms with Crippen molar-refractivity contribution >= 4 is 22.6 Å². The van der Waals surface area contributed by atoms with Gasteiger partial charge in [0.1, 0.15) is 0 Å². The summed E-state index contributed by atoms with van der Waals surface area (Å²) in [5.41, 5.74) is 7.37. The summed E-state index contributed by atoms with van der Waals surface area (Å²) in [4.78, 5) is 0. The van der Waals surface area contributed by atoms with E-state index in [0.717, 1.165) is 5.92 Å². The summed E-state index contributed by atoms with van der Waals surface area (Å²) in [6.45, 7) is 0. The summed E-state index contributed by atoms with van der Waals surface area (Å²) in [7, 11) is 0. The monoisotopic (exact) mass is 287 g/mol. The molecular formula is C11H14IN. The lowest BCUT2D eigenvalue weighted by molar-refractivity contribution is 0.597. The molecule has 2 rings (SSSR count). The molecule has 13 heavy (non-hydrogen) atoms. The number of hydrogen-bond acceptors (Lipinski definition) is 1. The summed E-state index contributed by atoms with van der Waals surface area (Å²) in [5, 5.41) is 0. The fourth-order valence-electron chi connectivity index (χ4n) is 1.56. The molecule has 2 N–H and O–H groups in total. The maximum Gasteiger partial charge on any atom is 0.0297 e. The summed E-state index contributed by atoms with van der Waals surface area (Å²) >= 11 is 2.32. The van der Waals surface area contributed by atoms with E-state index < -0.39 is 0 Å². The minimum absolute atomic E-state index is 0.254. The molecule has 1 unspecified atom stereocenters. The van der Waals surface area contributed by atoms with E-state index >= 15 is 0 Å². The Labute approximate surface area is 92.9 Å². The van der Waals surface area contributed by atoms with Crippen molar-refractivity contribution in [1.82, 2.24) is 0 Å². The Kier molecular flexibility index (Phi) is 2.89. The average Bonchev–Trinajstić information content (AvgIpc) is 2.89. The van der Waals surface area contributed by atoms with Crippen LogP contribution in [-0.2, 0) is 0 Å². The summed E-state index contributed by atoms with van der Waals surface area (Å²) in [6, 6.07) is 8.80. The zero-order valence-corrected chi connectivity index (χ0v) is 9.70. The van der Waals surface area contributed by atoms with E-state index in [1.807, 2.05) is 0 Å². The van der Waals surface area contributed by atoms with Crippen molar-refractivity contribution in [3.63, 3.8) is 0 Å². The molecule has 0 amide bonds. The highest BCUT2D eigenvalue weighted by Crippen LogP contribution is 2.36. The molecule has 0 saturated heterocycles. The molecule has 1 aromatic rings. The van der Waals surface area contributed by atoms with Crippen molar-refractivity contribution in [2.45, 2.75) is 25.3 Å². The molecule has 1 atom stereocenters. The molecule has 0 radical (unpaired) electrons. The highest BCUT2D eigenvalue weighted by Gasteiger charge is 2.24. The van der Waals surface area contributed by atoms with E-state index in [0.29, 0.717) is 0 Å². The van der Waals surface area contributed by atoms with Gasteiger partial charge in [-0.1, -0.05) is 25.0 Å². The number of hydrogen-bond donors (Lipinski definition) is 1. The molecular weight excluding hydrogens is 273 g/mol. The molecule has 1 aromatic carbocycles. The Morgan fingerprint density at radius 3 is 2.46 bits per heavy atom. The molecule has 1 nitrogen and oxygen atoms in total. The molecule has 0 aliphatic heterocycles. The molecule has 1 aliphatic carbocycles. The van der Waals surface area contributed by atoms with Gasteiger partial charge in [0, 0.05) is 9.61 Å². The largest absolute Gasteiger partial charge is 0.324 e. The second kappa shape index (κ2) is 3.96. The molecule has 2 heteroatoms. The Bertz CT molecular complexity index is 277. The standard InChI is InChI=1S/C11H14IN/c12-10-5-3-9(4-6-10)11(13)7-8-1-2-8/h3-6,8,11H,1-2,7,13H2. The van der Waals surface area contributed by atoms with E-state index in [9.17, 15) is 0 Å². The molecule has 1 fully saturated rings. The van der Waals surface area contributed by atoms with Gasteiger partial charge in [-0.2, -0.15) is 0 Å². The number of rotatable bonds is 3. The van der Waals surface area contributed by atoms with Crippen LogP contribution in [-0.4, -0.2) is 0 Å². The van der Waals surface area contributed by atoms with Gasteiger partial charge in [0.25, 0.3) is 0 Å². The fourth-order valence-corrected chi connectivity index (χ4v) is 1.92. The minimum atomic E-state index is 0.254. The van der Waals surface area contributed by atoms with E-state index in [-0.39, 0.29) is 6.04 Å². The van der Waals surface area contributed by atoms with E-state index in [2.05, 4.69) is 46.9 Å². The van der Waals surface area contributed by atoms with Crippen LogP contribution in [0, 0.1) is 9.49 Å². The van der Waals surface area contributed by atoms with Crippen LogP contribution in [0.1, 0.15) is 30.9 Å². The fraction of sp³-hybridized carbons (Fsp3) is 0.455. The lowest BCUT2D eigenvalue weighted by atomic mass is 10.0. The van der Waals surface area contributed by atoms with Gasteiger partial charge in [-0.05, 0) is 52.6 Å². The van der Waals surface area contributed by atoms with Gasteiger partial charge >= 0.3 is 0 Å². The first kappa shape index (κ1) is 9.46. The number of nitrogens with two attached hydrogens (primary N) is 1. The Balaban J connectivity index is 2.01. The smallest absolute Gasteiger partial charge is 0.0297 e. The van der Waals surface area contributed by atoms with E-state index in [4.69, 9.17) is 5.73 Å². The van der Waals surface area contributed by atoms with Crippen LogP contribution in [0.3, 0.4) is 0 Å². The van der Waals surface area contributed by atoms with E-state index in [1.54, 1.807) is 0 Å². The third-order valence-corrected chi connectivity index (χ3v) is 3.30. The van der Waals surface area contributed by atoms with Crippen LogP contribution in [0.4, 0.5) is 0 Å². The van der Waals surface area contributed by atoms with Crippen LogP contribution in [0.5, 0.6) is 0 Å². The second-order valence-electron chi connectivity index (χ2n) is 3.84. The maximum absolute atomic E-state index is 6.08. The molecule has 0 bridgehead atoms. The summed E-state index contributed by atoms with van der Waals surface area (Å²) in [6.07, 6.45) is 3.94. The maximum atomic E-state index is 6.08. The molecule has 0 aromatic heterocycles. The first-order chi connectivity index (χ1) is 6.25. The van der Waals surface area contributed by atoms with Gasteiger partial charge in [-0.25, -0.2) is 0 Å². The van der Waals surface area contributed by atoms with E-state index in [1.165, 1.54) is 28.4 Å². The van der Waals surface area contributed by atoms with Crippen LogP contribution in [0.25, 0.3) is 0 Å². The predicted molar refractivity (Wildman–Crippen MR) is 63.4 cm³/mol. The van der Waals surface area contributed by atoms with Gasteiger partial charge < -0.3 is 5.73 Å². The molecule has 1 aliphatic rings. The Hall–Kier alpha value is -0.0900. The van der Waals surface area contributed by atoms with Crippen LogP contribution in [0.15, 0.2) is 24.3 Å². The van der Waals surface area contributed by atoms with Crippen molar-refractivity contribution in [3.8, 4) is 0 Å². The third-order valence-electron chi connectivity index (χ3n) is 2.58. The first-order valence-corrected chi connectivity index (χ1v) is 5.84. The van der Waals surface area contributed by atoms with Crippen molar-refractivity contribution in [2.24, 2.45) is 11.7 Å². The number of benzene rings is 1. The normalized spacial score (nSPS) is 18.6. The van der Waals surface area contributed by atoms with Gasteiger partial charge in [-0.15, -0.1) is 0 Å². The summed E-state index contributed by atoms with van der Waals surface area (Å²) < 4.78 is 1.28. The predicted octanol–water partition coefficient (Wildman–Crippen LogP) is 3.09. The lowest BCUT2D eigenvalue weighted by Crippen LogP contribution is -2.10. The van der Waals surface area contributed by atoms with Crippen molar-refractivity contribution in [3.05, 3.63) is 33.4 Å². The van der Waals surface area contributed by atoms with Crippen molar-refractivity contribution in [2.75, 3.05) is 0 Å². The topological polar surface area (TPSA) is 26.0 Å². The zero-order chi connectivity index (χ0) is 9.26.